The molecule has 2 amide bonds. The van der Waals surface area contributed by atoms with E-state index in [1.165, 1.54) is 12.1 Å². The number of halogens is 2. The number of hydrogen-bond acceptors (Lipinski definition) is 6. The molecule has 1 atom stereocenters. The van der Waals surface area contributed by atoms with Crippen LogP contribution in [0.15, 0.2) is 52.4 Å². The molecule has 3 rings (SSSR count). The highest BCUT2D eigenvalue weighted by Gasteiger charge is 2.19. The standard InChI is InChI=1S/C22H21ClFN5O3S/c1-11(2)19(30)26-17-7-5-4-6-14(17)18-21(32)27-22(29-28-18)33-12(3)20(31)25-13-8-9-16(24)15(23)10-13/h4-12H,1-3H3,(H,25,31)(H,26,30)(H,27,29,32)/t12-/m1/s1. The second kappa shape index (κ2) is 10.6. The van der Waals surface area contributed by atoms with E-state index in [1.807, 2.05) is 0 Å². The third kappa shape index (κ3) is 6.17. The van der Waals surface area contributed by atoms with Crippen LogP contribution in [0.2, 0.25) is 5.02 Å². The van der Waals surface area contributed by atoms with Crippen molar-refractivity contribution in [3.63, 3.8) is 0 Å². The van der Waals surface area contributed by atoms with Crippen LogP contribution in [0.5, 0.6) is 0 Å². The van der Waals surface area contributed by atoms with Gasteiger partial charge in [-0.2, -0.15) is 0 Å². The van der Waals surface area contributed by atoms with Crippen LogP contribution in [-0.2, 0) is 9.59 Å². The molecule has 33 heavy (non-hydrogen) atoms. The molecule has 1 heterocycles. The molecule has 0 unspecified atom stereocenters. The molecule has 172 valence electrons. The minimum Gasteiger partial charge on any atom is -0.325 e. The number of aromatic nitrogens is 3. The summed E-state index contributed by atoms with van der Waals surface area (Å²) in [5.41, 5.74) is 0.737. The minimum atomic E-state index is -0.651. The van der Waals surface area contributed by atoms with Gasteiger partial charge in [-0.25, -0.2) is 4.39 Å². The van der Waals surface area contributed by atoms with Crippen molar-refractivity contribution in [3.05, 3.63) is 63.7 Å². The van der Waals surface area contributed by atoms with Gasteiger partial charge in [0.05, 0.1) is 16.0 Å². The number of nitrogens with one attached hydrogen (secondary N) is 3. The molecule has 3 aromatic rings. The van der Waals surface area contributed by atoms with Crippen molar-refractivity contribution in [2.45, 2.75) is 31.2 Å². The van der Waals surface area contributed by atoms with Gasteiger partial charge < -0.3 is 10.6 Å². The Kier molecular flexibility index (Phi) is 7.83. The molecule has 0 spiro atoms. The van der Waals surface area contributed by atoms with Crippen LogP contribution < -0.4 is 16.2 Å². The van der Waals surface area contributed by atoms with Gasteiger partial charge in [-0.15, -0.1) is 10.2 Å². The van der Waals surface area contributed by atoms with E-state index in [1.54, 1.807) is 45.0 Å². The topological polar surface area (TPSA) is 117 Å². The highest BCUT2D eigenvalue weighted by atomic mass is 35.5. The molecule has 0 saturated heterocycles. The van der Waals surface area contributed by atoms with Gasteiger partial charge >= 0.3 is 0 Å². The van der Waals surface area contributed by atoms with Crippen LogP contribution in [0.4, 0.5) is 15.8 Å². The SMILES string of the molecule is CC(C)C(=O)Nc1ccccc1-c1nnc(S[C@H](C)C(=O)Nc2ccc(F)c(Cl)c2)[nH]c1=O. The predicted octanol–water partition coefficient (Wildman–Crippen LogP) is 4.34. The molecular weight excluding hydrogens is 469 g/mol. The smallest absolute Gasteiger partial charge is 0.278 e. The Morgan fingerprint density at radius 1 is 1.06 bits per heavy atom. The Morgan fingerprint density at radius 2 is 1.79 bits per heavy atom. The van der Waals surface area contributed by atoms with Crippen molar-refractivity contribution in [1.82, 2.24) is 15.2 Å². The number of benzene rings is 2. The van der Waals surface area contributed by atoms with E-state index in [2.05, 4.69) is 25.8 Å². The number of nitrogens with zero attached hydrogens (tertiary/aromatic N) is 2. The lowest BCUT2D eigenvalue weighted by atomic mass is 10.1. The Bertz CT molecular complexity index is 1250. The quantitative estimate of drug-likeness (QED) is 0.425. The molecule has 3 N–H and O–H groups in total. The van der Waals surface area contributed by atoms with Crippen LogP contribution in [0.1, 0.15) is 20.8 Å². The van der Waals surface area contributed by atoms with E-state index < -0.39 is 22.5 Å². The Balaban J connectivity index is 1.75. The summed E-state index contributed by atoms with van der Waals surface area (Å²) in [6.45, 7) is 5.15. The zero-order chi connectivity index (χ0) is 24.1. The van der Waals surface area contributed by atoms with Gasteiger partial charge in [-0.05, 0) is 31.2 Å². The van der Waals surface area contributed by atoms with E-state index >= 15 is 0 Å². The second-order valence-electron chi connectivity index (χ2n) is 7.38. The maximum atomic E-state index is 13.3. The van der Waals surface area contributed by atoms with E-state index in [4.69, 9.17) is 11.6 Å². The van der Waals surface area contributed by atoms with Gasteiger partial charge in [0.2, 0.25) is 11.8 Å². The number of carbonyl (C=O) groups is 2. The first-order valence-corrected chi connectivity index (χ1v) is 11.2. The van der Waals surface area contributed by atoms with Crippen LogP contribution >= 0.6 is 23.4 Å². The average molecular weight is 490 g/mol. The van der Waals surface area contributed by atoms with Crippen molar-refractivity contribution in [1.29, 1.82) is 0 Å². The molecule has 0 bridgehead atoms. The summed E-state index contributed by atoms with van der Waals surface area (Å²) >= 11 is 6.73. The molecule has 0 fully saturated rings. The normalized spacial score (nSPS) is 11.8. The number of thioether (sulfide) groups is 1. The maximum absolute atomic E-state index is 13.3. The van der Waals surface area contributed by atoms with Gasteiger partial charge in [-0.1, -0.05) is 55.4 Å². The fraction of sp³-hybridized carbons (Fsp3) is 0.227. The van der Waals surface area contributed by atoms with Crippen molar-refractivity contribution in [3.8, 4) is 11.3 Å². The Hall–Kier alpha value is -3.24. The molecule has 0 radical (unpaired) electrons. The summed E-state index contributed by atoms with van der Waals surface area (Å²) in [4.78, 5) is 39.8. The molecule has 11 heteroatoms. The zero-order valence-corrected chi connectivity index (χ0v) is 19.6. The van der Waals surface area contributed by atoms with Gasteiger partial charge in [0.15, 0.2) is 10.9 Å². The first kappa shape index (κ1) is 24.4. The van der Waals surface area contributed by atoms with Gasteiger partial charge in [-0.3, -0.25) is 19.4 Å². The van der Waals surface area contributed by atoms with Crippen LogP contribution in [-0.4, -0.2) is 32.2 Å². The predicted molar refractivity (Wildman–Crippen MR) is 127 cm³/mol. The summed E-state index contributed by atoms with van der Waals surface area (Å²) in [7, 11) is 0. The highest BCUT2D eigenvalue weighted by molar-refractivity contribution is 8.00. The number of hydrogen-bond donors (Lipinski definition) is 3. The monoisotopic (exact) mass is 489 g/mol. The molecule has 0 saturated carbocycles. The summed E-state index contributed by atoms with van der Waals surface area (Å²) in [6.07, 6.45) is 0. The van der Waals surface area contributed by atoms with Gasteiger partial charge in [0.25, 0.3) is 5.56 Å². The van der Waals surface area contributed by atoms with Crippen molar-refractivity contribution in [2.75, 3.05) is 10.6 Å². The van der Waals surface area contributed by atoms with E-state index in [0.717, 1.165) is 17.8 Å². The van der Waals surface area contributed by atoms with Crippen molar-refractivity contribution < 1.29 is 14.0 Å². The molecule has 2 aromatic carbocycles. The minimum absolute atomic E-state index is 0.0389. The molecule has 8 nitrogen and oxygen atoms in total. The van der Waals surface area contributed by atoms with Crippen LogP contribution in [0.3, 0.4) is 0 Å². The molecular formula is C22H21ClFN5O3S. The lowest BCUT2D eigenvalue weighted by molar-refractivity contribution is -0.119. The summed E-state index contributed by atoms with van der Waals surface area (Å²) in [5.74, 6) is -1.41. The number of H-pyrrole nitrogens is 1. The van der Waals surface area contributed by atoms with E-state index in [9.17, 15) is 18.8 Å². The van der Waals surface area contributed by atoms with Crippen LogP contribution in [0, 0.1) is 11.7 Å². The maximum Gasteiger partial charge on any atom is 0.278 e. The fourth-order valence-corrected chi connectivity index (χ4v) is 3.59. The number of amides is 2. The zero-order valence-electron chi connectivity index (χ0n) is 18.0. The average Bonchev–Trinajstić information content (AvgIpc) is 2.77. The van der Waals surface area contributed by atoms with E-state index in [0.29, 0.717) is 16.9 Å². The summed E-state index contributed by atoms with van der Waals surface area (Å²) in [5, 5.41) is 12.8. The third-order valence-corrected chi connectivity index (χ3v) is 5.75. The number of para-hydroxylation sites is 1. The van der Waals surface area contributed by atoms with E-state index in [-0.39, 0.29) is 27.7 Å². The molecule has 0 aliphatic rings. The second-order valence-corrected chi connectivity index (χ2v) is 9.11. The van der Waals surface area contributed by atoms with Gasteiger partial charge in [0, 0.05) is 17.2 Å². The van der Waals surface area contributed by atoms with Gasteiger partial charge in [0.1, 0.15) is 5.82 Å². The highest BCUT2D eigenvalue weighted by Crippen LogP contribution is 2.26. The number of rotatable bonds is 7. The number of aromatic amines is 1. The first-order chi connectivity index (χ1) is 15.7. The fourth-order valence-electron chi connectivity index (χ4n) is 2.67. The largest absolute Gasteiger partial charge is 0.325 e. The van der Waals surface area contributed by atoms with Crippen molar-refractivity contribution in [2.24, 2.45) is 5.92 Å². The molecule has 1 aromatic heterocycles. The number of anilines is 2. The number of carbonyl (C=O) groups excluding carboxylic acids is 2. The third-order valence-electron chi connectivity index (χ3n) is 4.49. The summed E-state index contributed by atoms with van der Waals surface area (Å²) < 4.78 is 13.3. The lowest BCUT2D eigenvalue weighted by Crippen LogP contribution is -2.24. The van der Waals surface area contributed by atoms with Crippen molar-refractivity contribution >= 4 is 46.6 Å². The van der Waals surface area contributed by atoms with Crippen LogP contribution in [0.25, 0.3) is 11.3 Å². The molecule has 0 aliphatic heterocycles. The first-order valence-electron chi connectivity index (χ1n) is 9.95. The lowest BCUT2D eigenvalue weighted by Gasteiger charge is -2.13. The molecule has 0 aliphatic carbocycles. The Labute approximate surface area is 198 Å². The summed E-state index contributed by atoms with van der Waals surface area (Å²) in [6, 6.07) is 10.6. The Morgan fingerprint density at radius 3 is 2.45 bits per heavy atom.